The van der Waals surface area contributed by atoms with Crippen LogP contribution >= 0.6 is 11.6 Å². The maximum Gasteiger partial charge on any atom is 0.252 e. The molecule has 0 saturated heterocycles. The molecule has 0 bridgehead atoms. The minimum absolute atomic E-state index is 0.0327. The van der Waals surface area contributed by atoms with E-state index >= 15 is 0 Å². The van der Waals surface area contributed by atoms with E-state index in [0.717, 1.165) is 24.8 Å². The van der Waals surface area contributed by atoms with Gasteiger partial charge in [0.1, 0.15) is 0 Å². The molecule has 1 fully saturated rings. The number of nitrogens with zero attached hydrogens (tertiary/aromatic N) is 1. The van der Waals surface area contributed by atoms with E-state index in [9.17, 15) is 4.79 Å². The summed E-state index contributed by atoms with van der Waals surface area (Å²) in [7, 11) is 0. The van der Waals surface area contributed by atoms with Crippen LogP contribution in [-0.4, -0.2) is 22.3 Å². The second-order valence-corrected chi connectivity index (χ2v) is 6.03. The maximum absolute atomic E-state index is 12.4. The summed E-state index contributed by atoms with van der Waals surface area (Å²) in [6.45, 7) is 4.13. The highest BCUT2D eigenvalue weighted by Crippen LogP contribution is 2.33. The fourth-order valence-corrected chi connectivity index (χ4v) is 3.27. The monoisotopic (exact) mass is 280 g/mol. The van der Waals surface area contributed by atoms with Gasteiger partial charge in [0, 0.05) is 23.8 Å². The Bertz CT molecular complexity index is 463. The van der Waals surface area contributed by atoms with Gasteiger partial charge in [0.15, 0.2) is 0 Å². The number of aromatic nitrogens is 1. The van der Waals surface area contributed by atoms with Crippen molar-refractivity contribution in [2.45, 2.75) is 45.1 Å². The van der Waals surface area contributed by atoms with Crippen molar-refractivity contribution >= 4 is 17.5 Å². The fraction of sp³-hybridized carbons (Fsp3) is 0.600. The van der Waals surface area contributed by atoms with Crippen LogP contribution in [0.5, 0.6) is 0 Å². The van der Waals surface area contributed by atoms with Gasteiger partial charge in [0.05, 0.1) is 5.54 Å². The van der Waals surface area contributed by atoms with Crippen LogP contribution in [0.2, 0.25) is 0 Å². The molecular formula is C15H21ClN2O. The molecule has 1 aromatic heterocycles. The number of carbonyl (C=O) groups excluding carboxylic acids is 1. The largest absolute Gasteiger partial charge is 0.345 e. The van der Waals surface area contributed by atoms with Crippen molar-refractivity contribution in [3.05, 3.63) is 29.6 Å². The second-order valence-electron chi connectivity index (χ2n) is 5.76. The third kappa shape index (κ3) is 3.27. The predicted octanol–water partition coefficient (Wildman–Crippen LogP) is 3.31. The lowest BCUT2D eigenvalue weighted by Crippen LogP contribution is -2.52. The molecule has 104 valence electrons. The summed E-state index contributed by atoms with van der Waals surface area (Å²) in [4.78, 5) is 16.4. The topological polar surface area (TPSA) is 42.0 Å². The smallest absolute Gasteiger partial charge is 0.252 e. The van der Waals surface area contributed by atoms with Gasteiger partial charge < -0.3 is 5.32 Å². The van der Waals surface area contributed by atoms with E-state index in [1.807, 2.05) is 6.92 Å². The molecule has 1 saturated carbocycles. The van der Waals surface area contributed by atoms with Gasteiger partial charge in [-0.15, -0.1) is 11.6 Å². The van der Waals surface area contributed by atoms with E-state index < -0.39 is 0 Å². The number of hydrogen-bond acceptors (Lipinski definition) is 2. The van der Waals surface area contributed by atoms with Gasteiger partial charge in [-0.1, -0.05) is 19.8 Å². The number of alkyl halides is 1. The quantitative estimate of drug-likeness (QED) is 0.863. The van der Waals surface area contributed by atoms with Crippen LogP contribution in [0.4, 0.5) is 0 Å². The Labute approximate surface area is 119 Å². The lowest BCUT2D eigenvalue weighted by Gasteiger charge is -2.39. The Balaban J connectivity index is 2.14. The minimum Gasteiger partial charge on any atom is -0.345 e. The molecule has 0 aromatic carbocycles. The zero-order valence-corrected chi connectivity index (χ0v) is 12.3. The predicted molar refractivity (Wildman–Crippen MR) is 77.5 cm³/mol. The van der Waals surface area contributed by atoms with Crippen LogP contribution in [0, 0.1) is 12.8 Å². The number of rotatable bonds is 3. The first-order valence-corrected chi connectivity index (χ1v) is 7.39. The van der Waals surface area contributed by atoms with Crippen molar-refractivity contribution in [2.24, 2.45) is 5.92 Å². The van der Waals surface area contributed by atoms with Crippen molar-refractivity contribution < 1.29 is 4.79 Å². The molecule has 0 spiro atoms. The normalized spacial score (nSPS) is 27.0. The molecule has 3 nitrogen and oxygen atoms in total. The second kappa shape index (κ2) is 5.91. The number of halogens is 1. The van der Waals surface area contributed by atoms with Gasteiger partial charge >= 0.3 is 0 Å². The number of carbonyl (C=O) groups is 1. The zero-order chi connectivity index (χ0) is 13.9. The Kier molecular flexibility index (Phi) is 4.46. The third-order valence-corrected chi connectivity index (χ3v) is 4.50. The van der Waals surface area contributed by atoms with E-state index in [2.05, 4.69) is 17.2 Å². The summed E-state index contributed by atoms with van der Waals surface area (Å²) in [5.41, 5.74) is 1.35. The van der Waals surface area contributed by atoms with Crippen molar-refractivity contribution in [2.75, 3.05) is 5.88 Å². The number of nitrogens with one attached hydrogen (secondary N) is 1. The molecule has 2 atom stereocenters. The number of hydrogen-bond donors (Lipinski definition) is 1. The van der Waals surface area contributed by atoms with Crippen LogP contribution in [0.25, 0.3) is 0 Å². The molecule has 19 heavy (non-hydrogen) atoms. The third-order valence-electron chi connectivity index (χ3n) is 3.99. The van der Waals surface area contributed by atoms with Gasteiger partial charge in [-0.25, -0.2) is 0 Å². The van der Waals surface area contributed by atoms with E-state index in [-0.39, 0.29) is 11.4 Å². The van der Waals surface area contributed by atoms with Gasteiger partial charge in [-0.2, -0.15) is 0 Å². The summed E-state index contributed by atoms with van der Waals surface area (Å²) >= 11 is 6.15. The van der Waals surface area contributed by atoms with E-state index in [0.29, 0.717) is 17.4 Å². The highest BCUT2D eigenvalue weighted by Gasteiger charge is 2.35. The molecule has 1 aliphatic rings. The maximum atomic E-state index is 12.4. The molecule has 2 rings (SSSR count). The number of aryl methyl sites for hydroxylation is 1. The first-order valence-electron chi connectivity index (χ1n) is 6.85. The first kappa shape index (κ1) is 14.3. The van der Waals surface area contributed by atoms with Crippen molar-refractivity contribution in [3.63, 3.8) is 0 Å². The van der Waals surface area contributed by atoms with Crippen molar-refractivity contribution in [3.8, 4) is 0 Å². The molecule has 0 aliphatic heterocycles. The molecule has 0 radical (unpaired) electrons. The number of amides is 1. The molecule has 1 heterocycles. The van der Waals surface area contributed by atoms with Crippen molar-refractivity contribution in [1.29, 1.82) is 0 Å². The molecule has 1 N–H and O–H groups in total. The number of pyridine rings is 1. The van der Waals surface area contributed by atoms with Crippen LogP contribution in [0.3, 0.4) is 0 Å². The summed E-state index contributed by atoms with van der Waals surface area (Å²) in [5.74, 6) is 1.06. The summed E-state index contributed by atoms with van der Waals surface area (Å²) in [6, 6.07) is 1.76. The Morgan fingerprint density at radius 2 is 2.42 bits per heavy atom. The molecule has 1 aromatic rings. The average Bonchev–Trinajstić information content (AvgIpc) is 2.39. The Morgan fingerprint density at radius 1 is 1.63 bits per heavy atom. The summed E-state index contributed by atoms with van der Waals surface area (Å²) in [6.07, 6.45) is 7.65. The highest BCUT2D eigenvalue weighted by molar-refractivity contribution is 6.19. The van der Waals surface area contributed by atoms with E-state index in [1.165, 1.54) is 6.42 Å². The van der Waals surface area contributed by atoms with Crippen LogP contribution in [0.15, 0.2) is 18.5 Å². The molecule has 4 heteroatoms. The molecular weight excluding hydrogens is 260 g/mol. The summed E-state index contributed by atoms with van der Waals surface area (Å²) in [5, 5.41) is 3.17. The fourth-order valence-electron chi connectivity index (χ4n) is 2.96. The van der Waals surface area contributed by atoms with Crippen LogP contribution < -0.4 is 5.32 Å². The Morgan fingerprint density at radius 3 is 3.05 bits per heavy atom. The van der Waals surface area contributed by atoms with E-state index in [1.54, 1.807) is 18.5 Å². The minimum atomic E-state index is -0.244. The Hall–Kier alpha value is -1.09. The van der Waals surface area contributed by atoms with Crippen LogP contribution in [0.1, 0.15) is 48.5 Å². The van der Waals surface area contributed by atoms with Gasteiger partial charge in [0.2, 0.25) is 0 Å². The van der Waals surface area contributed by atoms with Gasteiger partial charge in [-0.3, -0.25) is 9.78 Å². The first-order chi connectivity index (χ1) is 9.06. The van der Waals surface area contributed by atoms with Gasteiger partial charge in [0.25, 0.3) is 5.91 Å². The lowest BCUT2D eigenvalue weighted by molar-refractivity contribution is 0.0866. The SMILES string of the molecule is Cc1cnccc1C(=O)NC1(CCl)CCCC(C)C1. The average molecular weight is 281 g/mol. The van der Waals surface area contributed by atoms with Crippen molar-refractivity contribution in [1.82, 2.24) is 10.3 Å². The van der Waals surface area contributed by atoms with Crippen LogP contribution in [-0.2, 0) is 0 Å². The molecule has 1 aliphatic carbocycles. The lowest BCUT2D eigenvalue weighted by atomic mass is 9.77. The summed E-state index contributed by atoms with van der Waals surface area (Å²) < 4.78 is 0. The standard InChI is InChI=1S/C15H21ClN2O/c1-11-4-3-6-15(8-11,10-16)18-14(19)13-5-7-17-9-12(13)2/h5,7,9,11H,3-4,6,8,10H2,1-2H3,(H,18,19). The zero-order valence-electron chi connectivity index (χ0n) is 11.6. The highest BCUT2D eigenvalue weighted by atomic mass is 35.5. The molecule has 2 unspecified atom stereocenters. The van der Waals surface area contributed by atoms with Gasteiger partial charge in [-0.05, 0) is 37.3 Å². The van der Waals surface area contributed by atoms with E-state index in [4.69, 9.17) is 11.6 Å². The molecule has 1 amide bonds.